The Balaban J connectivity index is 1.62. The number of benzene rings is 1. The Bertz CT molecular complexity index is 490. The van der Waals surface area contributed by atoms with Crippen molar-refractivity contribution in [1.29, 1.82) is 0 Å². The van der Waals surface area contributed by atoms with Gasteiger partial charge >= 0.3 is 0 Å². The molecule has 0 aromatic heterocycles. The molecule has 108 valence electrons. The molecule has 0 spiro atoms. The van der Waals surface area contributed by atoms with Gasteiger partial charge in [-0.1, -0.05) is 24.3 Å². The lowest BCUT2D eigenvalue weighted by molar-refractivity contribution is -0.0749. The van der Waals surface area contributed by atoms with Crippen LogP contribution in [0.1, 0.15) is 36.4 Å². The van der Waals surface area contributed by atoms with E-state index < -0.39 is 0 Å². The zero-order valence-corrected chi connectivity index (χ0v) is 12.2. The summed E-state index contributed by atoms with van der Waals surface area (Å²) < 4.78 is 5.98. The van der Waals surface area contributed by atoms with Crippen molar-refractivity contribution in [3.8, 4) is 0 Å². The van der Waals surface area contributed by atoms with E-state index in [1.165, 1.54) is 36.8 Å². The highest BCUT2D eigenvalue weighted by Gasteiger charge is 2.43. The molecule has 0 radical (unpaired) electrons. The maximum Gasteiger partial charge on any atom is 0.0731 e. The number of hydrogen-bond acceptors (Lipinski definition) is 3. The van der Waals surface area contributed by atoms with Gasteiger partial charge in [-0.05, 0) is 43.9 Å². The SMILES string of the molecule is CNC1c2ccccc2CC1N1CCOC2CCCC21. The quantitative estimate of drug-likeness (QED) is 0.892. The molecule has 1 aromatic rings. The van der Waals surface area contributed by atoms with Gasteiger partial charge in [-0.3, -0.25) is 4.90 Å². The highest BCUT2D eigenvalue weighted by Crippen LogP contribution is 2.39. The number of fused-ring (bicyclic) bond motifs is 2. The number of likely N-dealkylation sites (N-methyl/N-ethyl adjacent to an activating group) is 1. The standard InChI is InChI=1S/C17H24N2O/c1-18-17-13-6-3-2-5-12(13)11-15(17)19-9-10-20-16-8-4-7-14(16)19/h2-3,5-6,14-18H,4,7-11H2,1H3. The summed E-state index contributed by atoms with van der Waals surface area (Å²) in [7, 11) is 2.10. The first kappa shape index (κ1) is 12.8. The van der Waals surface area contributed by atoms with Crippen LogP contribution in [0.25, 0.3) is 0 Å². The average molecular weight is 272 g/mol. The summed E-state index contributed by atoms with van der Waals surface area (Å²) in [6.07, 6.45) is 5.57. The molecule has 0 bridgehead atoms. The Morgan fingerprint density at radius 2 is 2.10 bits per heavy atom. The van der Waals surface area contributed by atoms with E-state index in [1.807, 2.05) is 0 Å². The number of nitrogens with one attached hydrogen (secondary N) is 1. The summed E-state index contributed by atoms with van der Waals surface area (Å²) in [4.78, 5) is 2.75. The summed E-state index contributed by atoms with van der Waals surface area (Å²) in [6.45, 7) is 2.00. The van der Waals surface area contributed by atoms with E-state index in [4.69, 9.17) is 4.74 Å². The van der Waals surface area contributed by atoms with Crippen molar-refractivity contribution in [3.05, 3.63) is 35.4 Å². The van der Waals surface area contributed by atoms with Gasteiger partial charge < -0.3 is 10.1 Å². The fraction of sp³-hybridized carbons (Fsp3) is 0.647. The van der Waals surface area contributed by atoms with Crippen LogP contribution in [0.5, 0.6) is 0 Å². The van der Waals surface area contributed by atoms with Crippen LogP contribution in [0.4, 0.5) is 0 Å². The van der Waals surface area contributed by atoms with Crippen molar-refractivity contribution in [3.63, 3.8) is 0 Å². The van der Waals surface area contributed by atoms with E-state index in [9.17, 15) is 0 Å². The van der Waals surface area contributed by atoms with Crippen LogP contribution in [-0.2, 0) is 11.2 Å². The van der Waals surface area contributed by atoms with Gasteiger partial charge in [-0.15, -0.1) is 0 Å². The second-order valence-electron chi connectivity index (χ2n) is 6.38. The molecule has 1 heterocycles. The topological polar surface area (TPSA) is 24.5 Å². The highest BCUT2D eigenvalue weighted by atomic mass is 16.5. The second kappa shape index (κ2) is 5.14. The second-order valence-corrected chi connectivity index (χ2v) is 6.38. The zero-order chi connectivity index (χ0) is 13.5. The molecule has 2 fully saturated rings. The van der Waals surface area contributed by atoms with Gasteiger partial charge in [0.1, 0.15) is 0 Å². The molecule has 1 N–H and O–H groups in total. The summed E-state index contributed by atoms with van der Waals surface area (Å²) in [5, 5.41) is 3.56. The summed E-state index contributed by atoms with van der Waals surface area (Å²) >= 11 is 0. The van der Waals surface area contributed by atoms with Crippen molar-refractivity contribution < 1.29 is 4.74 Å². The lowest BCUT2D eigenvalue weighted by Gasteiger charge is -2.43. The van der Waals surface area contributed by atoms with Gasteiger partial charge in [-0.2, -0.15) is 0 Å². The predicted octanol–water partition coefficient (Wildman–Crippen LogP) is 2.13. The Kier molecular flexibility index (Phi) is 3.29. The van der Waals surface area contributed by atoms with Gasteiger partial charge in [0.2, 0.25) is 0 Å². The van der Waals surface area contributed by atoms with E-state index in [-0.39, 0.29) is 0 Å². The number of ether oxygens (including phenoxy) is 1. The third-order valence-corrected chi connectivity index (χ3v) is 5.47. The predicted molar refractivity (Wildman–Crippen MR) is 79.8 cm³/mol. The third-order valence-electron chi connectivity index (χ3n) is 5.47. The van der Waals surface area contributed by atoms with Crippen LogP contribution in [0.2, 0.25) is 0 Å². The maximum absolute atomic E-state index is 5.98. The first-order chi connectivity index (χ1) is 9.88. The number of morpholine rings is 1. The van der Waals surface area contributed by atoms with Gasteiger partial charge in [0.15, 0.2) is 0 Å². The molecule has 1 aromatic carbocycles. The van der Waals surface area contributed by atoms with Gasteiger partial charge in [0.25, 0.3) is 0 Å². The molecule has 4 rings (SSSR count). The molecule has 2 aliphatic carbocycles. The molecule has 3 nitrogen and oxygen atoms in total. The van der Waals surface area contributed by atoms with Crippen molar-refractivity contribution in [1.82, 2.24) is 10.2 Å². The minimum absolute atomic E-state index is 0.477. The van der Waals surface area contributed by atoms with E-state index in [1.54, 1.807) is 0 Å². The zero-order valence-electron chi connectivity index (χ0n) is 12.2. The Morgan fingerprint density at radius 3 is 3.00 bits per heavy atom. The van der Waals surface area contributed by atoms with E-state index in [0.717, 1.165) is 13.2 Å². The van der Waals surface area contributed by atoms with Crippen molar-refractivity contribution in [2.24, 2.45) is 0 Å². The van der Waals surface area contributed by atoms with Crippen molar-refractivity contribution in [2.45, 2.75) is 49.9 Å². The molecule has 20 heavy (non-hydrogen) atoms. The van der Waals surface area contributed by atoms with E-state index in [2.05, 4.69) is 41.5 Å². The number of nitrogens with zero attached hydrogens (tertiary/aromatic N) is 1. The molecular formula is C17H24N2O. The van der Waals surface area contributed by atoms with Crippen LogP contribution in [-0.4, -0.2) is 43.3 Å². The van der Waals surface area contributed by atoms with Crippen LogP contribution in [0, 0.1) is 0 Å². The fourth-order valence-corrected chi connectivity index (χ4v) is 4.60. The smallest absolute Gasteiger partial charge is 0.0731 e. The van der Waals surface area contributed by atoms with Crippen LogP contribution >= 0.6 is 0 Å². The van der Waals surface area contributed by atoms with Crippen molar-refractivity contribution in [2.75, 3.05) is 20.2 Å². The first-order valence-electron chi connectivity index (χ1n) is 8.01. The normalized spacial score (nSPS) is 36.9. The Morgan fingerprint density at radius 1 is 1.20 bits per heavy atom. The highest BCUT2D eigenvalue weighted by molar-refractivity contribution is 5.37. The molecule has 1 saturated carbocycles. The molecular weight excluding hydrogens is 248 g/mol. The molecule has 1 saturated heterocycles. The number of rotatable bonds is 2. The summed E-state index contributed by atoms with van der Waals surface area (Å²) in [6, 6.07) is 10.7. The summed E-state index contributed by atoms with van der Waals surface area (Å²) in [5.74, 6) is 0. The van der Waals surface area contributed by atoms with E-state index in [0.29, 0.717) is 24.2 Å². The number of hydrogen-bond donors (Lipinski definition) is 1. The molecule has 3 heteroatoms. The lowest BCUT2D eigenvalue weighted by atomic mass is 10.0. The largest absolute Gasteiger partial charge is 0.375 e. The van der Waals surface area contributed by atoms with Crippen LogP contribution in [0.15, 0.2) is 24.3 Å². The first-order valence-corrected chi connectivity index (χ1v) is 8.01. The van der Waals surface area contributed by atoms with Gasteiger partial charge in [-0.25, -0.2) is 0 Å². The molecule has 4 atom stereocenters. The Hall–Kier alpha value is -0.900. The van der Waals surface area contributed by atoms with E-state index >= 15 is 0 Å². The van der Waals surface area contributed by atoms with Crippen LogP contribution in [0.3, 0.4) is 0 Å². The van der Waals surface area contributed by atoms with Crippen molar-refractivity contribution >= 4 is 0 Å². The monoisotopic (exact) mass is 272 g/mol. The lowest BCUT2D eigenvalue weighted by Crippen LogP contribution is -2.55. The third kappa shape index (κ3) is 1.92. The van der Waals surface area contributed by atoms with Gasteiger partial charge in [0.05, 0.1) is 12.7 Å². The molecule has 0 amide bonds. The van der Waals surface area contributed by atoms with Crippen LogP contribution < -0.4 is 5.32 Å². The average Bonchev–Trinajstić information content (AvgIpc) is 3.10. The summed E-state index contributed by atoms with van der Waals surface area (Å²) in [5.41, 5.74) is 3.03. The molecule has 4 unspecified atom stereocenters. The van der Waals surface area contributed by atoms with Gasteiger partial charge in [0, 0.05) is 24.7 Å². The Labute approximate surface area is 121 Å². The molecule has 3 aliphatic rings. The minimum Gasteiger partial charge on any atom is -0.375 e. The minimum atomic E-state index is 0.477. The maximum atomic E-state index is 5.98. The molecule has 1 aliphatic heterocycles. The fourth-order valence-electron chi connectivity index (χ4n) is 4.60.